The topological polar surface area (TPSA) is 77.6 Å². The first kappa shape index (κ1) is 21.0. The van der Waals surface area contributed by atoms with E-state index in [-0.39, 0.29) is 17.4 Å². The van der Waals surface area contributed by atoms with Crippen molar-refractivity contribution in [2.75, 3.05) is 36.8 Å². The second-order valence-electron chi connectivity index (χ2n) is 7.05. The lowest BCUT2D eigenvalue weighted by atomic mass is 10.1. The van der Waals surface area contributed by atoms with Crippen LogP contribution in [0.1, 0.15) is 24.2 Å². The molecule has 1 saturated heterocycles. The van der Waals surface area contributed by atoms with Crippen molar-refractivity contribution in [3.05, 3.63) is 52.9 Å². The quantitative estimate of drug-likeness (QED) is 0.792. The number of benzene rings is 1. The molecule has 0 radical (unpaired) electrons. The predicted octanol–water partition coefficient (Wildman–Crippen LogP) is 3.68. The van der Waals surface area contributed by atoms with Crippen molar-refractivity contribution in [2.45, 2.75) is 19.9 Å². The third kappa shape index (κ3) is 5.42. The summed E-state index contributed by atoms with van der Waals surface area (Å²) in [6.45, 7) is 7.08. The summed E-state index contributed by atoms with van der Waals surface area (Å²) in [5.41, 5.74) is 0.531. The Bertz CT molecular complexity index is 883. The molecule has 9 heteroatoms. The van der Waals surface area contributed by atoms with Crippen LogP contribution < -0.4 is 10.6 Å². The minimum absolute atomic E-state index is 0.192. The van der Waals surface area contributed by atoms with Gasteiger partial charge in [-0.2, -0.15) is 0 Å². The molecule has 0 saturated carbocycles. The number of pyridine rings is 1. The van der Waals surface area contributed by atoms with E-state index in [1.54, 1.807) is 17.0 Å². The monoisotopic (exact) mass is 419 g/mol. The van der Waals surface area contributed by atoms with Gasteiger partial charge in [-0.05, 0) is 44.2 Å². The van der Waals surface area contributed by atoms with Gasteiger partial charge in [0.05, 0.1) is 17.4 Å². The molecule has 2 aromatic rings. The van der Waals surface area contributed by atoms with Crippen molar-refractivity contribution in [3.8, 4) is 0 Å². The van der Waals surface area contributed by atoms with Gasteiger partial charge in [0, 0.05) is 37.2 Å². The Morgan fingerprint density at radius 3 is 2.45 bits per heavy atom. The zero-order chi connectivity index (χ0) is 21.0. The Hall–Kier alpha value is -2.71. The summed E-state index contributed by atoms with van der Waals surface area (Å²) in [5, 5.41) is 5.73. The fraction of sp³-hybridized carbons (Fsp3) is 0.350. The van der Waals surface area contributed by atoms with Crippen LogP contribution in [0, 0.1) is 5.82 Å². The van der Waals surface area contributed by atoms with E-state index in [0.717, 1.165) is 19.3 Å². The van der Waals surface area contributed by atoms with Gasteiger partial charge in [-0.1, -0.05) is 11.6 Å². The molecule has 2 N–H and O–H groups in total. The van der Waals surface area contributed by atoms with E-state index in [2.05, 4.69) is 34.4 Å². The van der Waals surface area contributed by atoms with Gasteiger partial charge in [-0.25, -0.2) is 14.2 Å². The molecule has 1 aliphatic heterocycles. The SMILES string of the molecule is CC(C)N1CCN(C(=O)Nc2ccc(Cl)cc2C(=O)Nc2ccc(F)cn2)CC1. The van der Waals surface area contributed by atoms with Gasteiger partial charge < -0.3 is 15.5 Å². The first-order valence-corrected chi connectivity index (χ1v) is 9.73. The number of piperazine rings is 1. The highest BCUT2D eigenvalue weighted by molar-refractivity contribution is 6.31. The van der Waals surface area contributed by atoms with E-state index < -0.39 is 11.7 Å². The van der Waals surface area contributed by atoms with Gasteiger partial charge in [-0.3, -0.25) is 9.69 Å². The maximum atomic E-state index is 13.0. The summed E-state index contributed by atoms with van der Waals surface area (Å²) in [6, 6.07) is 7.35. The molecule has 3 amide bonds. The number of amides is 3. The number of anilines is 2. The fourth-order valence-corrected chi connectivity index (χ4v) is 3.25. The molecular weight excluding hydrogens is 397 g/mol. The van der Waals surface area contributed by atoms with Crippen molar-refractivity contribution in [3.63, 3.8) is 0 Å². The third-order valence-corrected chi connectivity index (χ3v) is 5.00. The molecule has 0 unspecified atom stereocenters. The Morgan fingerprint density at radius 2 is 1.83 bits per heavy atom. The Morgan fingerprint density at radius 1 is 1.10 bits per heavy atom. The van der Waals surface area contributed by atoms with E-state index in [9.17, 15) is 14.0 Å². The van der Waals surface area contributed by atoms with Crippen molar-refractivity contribution in [1.82, 2.24) is 14.8 Å². The number of hydrogen-bond donors (Lipinski definition) is 2. The maximum absolute atomic E-state index is 13.0. The summed E-state index contributed by atoms with van der Waals surface area (Å²) in [4.78, 5) is 33.2. The molecule has 29 heavy (non-hydrogen) atoms. The van der Waals surface area contributed by atoms with E-state index >= 15 is 0 Å². The molecule has 1 aliphatic rings. The van der Waals surface area contributed by atoms with Crippen LogP contribution in [0.3, 0.4) is 0 Å². The lowest BCUT2D eigenvalue weighted by Crippen LogP contribution is -2.51. The molecule has 1 fully saturated rings. The second-order valence-corrected chi connectivity index (χ2v) is 7.49. The van der Waals surface area contributed by atoms with Gasteiger partial charge >= 0.3 is 6.03 Å². The number of nitrogens with one attached hydrogen (secondary N) is 2. The van der Waals surface area contributed by atoms with Crippen LogP contribution in [-0.2, 0) is 0 Å². The summed E-state index contributed by atoms with van der Waals surface area (Å²) >= 11 is 6.04. The minimum Gasteiger partial charge on any atom is -0.322 e. The zero-order valence-corrected chi connectivity index (χ0v) is 17.0. The highest BCUT2D eigenvalue weighted by atomic mass is 35.5. The smallest absolute Gasteiger partial charge is 0.321 e. The van der Waals surface area contributed by atoms with Crippen LogP contribution >= 0.6 is 11.6 Å². The largest absolute Gasteiger partial charge is 0.322 e. The molecule has 3 rings (SSSR count). The molecule has 7 nitrogen and oxygen atoms in total. The average molecular weight is 420 g/mol. The Kier molecular flexibility index (Phi) is 6.66. The Balaban J connectivity index is 1.70. The first-order chi connectivity index (χ1) is 13.8. The van der Waals surface area contributed by atoms with E-state index in [1.165, 1.54) is 18.2 Å². The number of carbonyl (C=O) groups is 2. The predicted molar refractivity (Wildman–Crippen MR) is 111 cm³/mol. The summed E-state index contributed by atoms with van der Waals surface area (Å²) in [7, 11) is 0. The van der Waals surface area contributed by atoms with Crippen LogP contribution in [0.25, 0.3) is 0 Å². The highest BCUT2D eigenvalue weighted by Gasteiger charge is 2.23. The molecule has 154 valence electrons. The highest BCUT2D eigenvalue weighted by Crippen LogP contribution is 2.22. The van der Waals surface area contributed by atoms with Crippen LogP contribution in [-0.4, -0.2) is 58.9 Å². The lowest BCUT2D eigenvalue weighted by Gasteiger charge is -2.36. The standard InChI is InChI=1S/C20H23ClFN5O2/c1-13(2)26-7-9-27(10-8-26)20(29)24-17-5-3-14(21)11-16(17)19(28)25-18-6-4-15(22)12-23-18/h3-6,11-13H,7-10H2,1-2H3,(H,24,29)(H,23,25,28). The molecule has 0 atom stereocenters. The van der Waals surface area contributed by atoms with Crippen molar-refractivity contribution >= 4 is 35.0 Å². The van der Waals surface area contributed by atoms with E-state index in [1.807, 2.05) is 0 Å². The molecule has 0 aliphatic carbocycles. The van der Waals surface area contributed by atoms with Crippen LogP contribution in [0.2, 0.25) is 5.02 Å². The Labute approximate surface area is 173 Å². The van der Waals surface area contributed by atoms with Gasteiger partial charge in [0.2, 0.25) is 0 Å². The number of halogens is 2. The van der Waals surface area contributed by atoms with Crippen molar-refractivity contribution < 1.29 is 14.0 Å². The molecule has 1 aromatic carbocycles. The minimum atomic E-state index is -0.508. The van der Waals surface area contributed by atoms with Crippen molar-refractivity contribution in [1.29, 1.82) is 0 Å². The van der Waals surface area contributed by atoms with Crippen LogP contribution in [0.15, 0.2) is 36.5 Å². The number of urea groups is 1. The third-order valence-electron chi connectivity index (χ3n) is 4.77. The van der Waals surface area contributed by atoms with Crippen molar-refractivity contribution in [2.24, 2.45) is 0 Å². The second kappa shape index (κ2) is 9.19. The van der Waals surface area contributed by atoms with Gasteiger partial charge in [0.25, 0.3) is 5.91 Å². The van der Waals surface area contributed by atoms with Crippen LogP contribution in [0.5, 0.6) is 0 Å². The number of nitrogens with zero attached hydrogens (tertiary/aromatic N) is 3. The summed E-state index contributed by atoms with van der Waals surface area (Å²) < 4.78 is 13.0. The average Bonchev–Trinajstić information content (AvgIpc) is 2.71. The number of carbonyl (C=O) groups excluding carboxylic acids is 2. The van der Waals surface area contributed by atoms with Gasteiger partial charge in [0.1, 0.15) is 11.6 Å². The molecule has 0 bridgehead atoms. The fourth-order valence-electron chi connectivity index (χ4n) is 3.08. The van der Waals surface area contributed by atoms with Gasteiger partial charge in [0.15, 0.2) is 0 Å². The number of aromatic nitrogens is 1. The molecular formula is C20H23ClFN5O2. The molecule has 2 heterocycles. The normalized spacial score (nSPS) is 14.7. The van der Waals surface area contributed by atoms with Gasteiger partial charge in [-0.15, -0.1) is 0 Å². The summed E-state index contributed by atoms with van der Waals surface area (Å²) in [5.74, 6) is -0.818. The van der Waals surface area contributed by atoms with E-state index in [0.29, 0.717) is 29.8 Å². The maximum Gasteiger partial charge on any atom is 0.321 e. The molecule has 0 spiro atoms. The number of rotatable bonds is 4. The number of hydrogen-bond acceptors (Lipinski definition) is 4. The zero-order valence-electron chi connectivity index (χ0n) is 16.3. The van der Waals surface area contributed by atoms with Crippen LogP contribution in [0.4, 0.5) is 20.7 Å². The summed E-state index contributed by atoms with van der Waals surface area (Å²) in [6.07, 6.45) is 1.01. The first-order valence-electron chi connectivity index (χ1n) is 9.36. The molecule has 1 aromatic heterocycles. The lowest BCUT2D eigenvalue weighted by molar-refractivity contribution is 0.102. The van der Waals surface area contributed by atoms with E-state index in [4.69, 9.17) is 11.6 Å².